The normalized spacial score (nSPS) is 12.5. The van der Waals surface area contributed by atoms with Gasteiger partial charge in [-0.05, 0) is 39.8 Å². The first-order valence-electron chi connectivity index (χ1n) is 10.2. The molecule has 0 N–H and O–H groups in total. The summed E-state index contributed by atoms with van der Waals surface area (Å²) in [4.78, 5) is 0. The van der Waals surface area contributed by atoms with Crippen molar-refractivity contribution in [1.29, 1.82) is 0 Å². The van der Waals surface area contributed by atoms with Gasteiger partial charge in [-0.1, -0.05) is 107 Å². The van der Waals surface area contributed by atoms with Crippen LogP contribution in [0.15, 0.2) is 66.7 Å². The molecule has 156 valence electrons. The molecule has 0 heterocycles. The van der Waals surface area contributed by atoms with Crippen molar-refractivity contribution >= 4 is 18.6 Å². The van der Waals surface area contributed by atoms with Gasteiger partial charge in [-0.2, -0.15) is 0 Å². The van der Waals surface area contributed by atoms with Crippen molar-refractivity contribution < 1.29 is 17.0 Å². The summed E-state index contributed by atoms with van der Waals surface area (Å²) in [5, 5.41) is 5.13. The molecule has 0 bridgehead atoms. The zero-order valence-electron chi connectivity index (χ0n) is 18.3. The van der Waals surface area contributed by atoms with E-state index in [4.69, 9.17) is 23.9 Å². The number of fused-ring (bicyclic) bond motifs is 3. The zero-order chi connectivity index (χ0) is 21.9. The summed E-state index contributed by atoms with van der Waals surface area (Å²) in [7, 11) is 9.78. The molecular weight excluding hydrogens is 445 g/mol. The zero-order valence-corrected chi connectivity index (χ0v) is 21.3. The Hall–Kier alpha value is -1.09. The Morgan fingerprint density at radius 1 is 0.700 bits per heavy atom. The van der Waals surface area contributed by atoms with Gasteiger partial charge in [-0.25, -0.2) is 0 Å². The number of halogens is 2. The van der Waals surface area contributed by atoms with Gasteiger partial charge in [0.1, 0.15) is 0 Å². The summed E-state index contributed by atoms with van der Waals surface area (Å²) in [5.41, 5.74) is 9.25. The van der Waals surface area contributed by atoms with E-state index >= 15 is 0 Å². The van der Waals surface area contributed by atoms with Crippen molar-refractivity contribution in [1.82, 2.24) is 0 Å². The topological polar surface area (TPSA) is 14.1 Å². The molecular formula is C26H28Cl2NTi-. The molecule has 1 aliphatic carbocycles. The SMILES string of the molecule is CC(C)(C)[N-]C(C)(C)c1ccccc1-c1cccc2c1Cc1ccccc1-2.[Cl][Ti][Cl]. The van der Waals surface area contributed by atoms with Crippen molar-refractivity contribution in [2.45, 2.75) is 52.1 Å². The molecule has 30 heavy (non-hydrogen) atoms. The molecule has 0 atom stereocenters. The number of nitrogens with zero attached hydrogens (tertiary/aromatic N) is 1. The van der Waals surface area contributed by atoms with E-state index in [9.17, 15) is 0 Å². The molecule has 0 spiro atoms. The van der Waals surface area contributed by atoms with Crippen LogP contribution in [-0.4, -0.2) is 5.54 Å². The first kappa shape index (κ1) is 23.6. The average Bonchev–Trinajstić information content (AvgIpc) is 3.06. The summed E-state index contributed by atoms with van der Waals surface area (Å²) in [6.45, 7) is 11.0. The van der Waals surface area contributed by atoms with Gasteiger partial charge in [0, 0.05) is 0 Å². The van der Waals surface area contributed by atoms with Gasteiger partial charge < -0.3 is 5.32 Å². The van der Waals surface area contributed by atoms with Crippen LogP contribution in [0.25, 0.3) is 27.6 Å². The Kier molecular flexibility index (Phi) is 7.54. The van der Waals surface area contributed by atoms with Gasteiger partial charge in [-0.3, -0.25) is 0 Å². The molecule has 1 nitrogen and oxygen atoms in total. The van der Waals surface area contributed by atoms with E-state index in [1.165, 1.54) is 38.9 Å². The van der Waals surface area contributed by atoms with Gasteiger partial charge in [0.05, 0.1) is 0 Å². The van der Waals surface area contributed by atoms with E-state index in [-0.39, 0.29) is 11.1 Å². The summed E-state index contributed by atoms with van der Waals surface area (Å²) in [6, 6.07) is 24.3. The van der Waals surface area contributed by atoms with Gasteiger partial charge >= 0.3 is 35.6 Å². The Morgan fingerprint density at radius 3 is 1.83 bits per heavy atom. The number of hydrogen-bond donors (Lipinski definition) is 0. The number of benzene rings is 3. The fourth-order valence-corrected chi connectivity index (χ4v) is 4.56. The molecule has 3 aromatic rings. The molecule has 0 amide bonds. The molecule has 4 heteroatoms. The number of hydrogen-bond acceptors (Lipinski definition) is 0. The van der Waals surface area contributed by atoms with E-state index < -0.39 is 17.0 Å². The second-order valence-electron chi connectivity index (χ2n) is 9.12. The molecule has 0 radical (unpaired) electrons. The minimum atomic E-state index is -0.556. The van der Waals surface area contributed by atoms with Crippen molar-refractivity contribution in [2.24, 2.45) is 0 Å². The van der Waals surface area contributed by atoms with E-state index in [2.05, 4.69) is 101 Å². The fourth-order valence-electron chi connectivity index (χ4n) is 4.56. The standard InChI is InChI=1S/C26H28N.2ClH.Ti/c1-25(2,3)27-26(4,5)24-16-9-8-13-22(24)21-15-10-14-20-19-12-7-6-11-18(19)17-23(20)21;;;/h6-16H,17H2,1-5H3;2*1H;/q-1;;;+2/p-2. The molecule has 4 rings (SSSR count). The first-order valence-corrected chi connectivity index (χ1v) is 14.5. The Balaban J connectivity index is 0.000000806. The molecule has 0 fully saturated rings. The third kappa shape index (κ3) is 5.21. The fraction of sp³-hybridized carbons (Fsp3) is 0.308. The molecule has 0 saturated heterocycles. The van der Waals surface area contributed by atoms with Crippen molar-refractivity contribution in [3.8, 4) is 22.3 Å². The predicted molar refractivity (Wildman–Crippen MR) is 128 cm³/mol. The van der Waals surface area contributed by atoms with Crippen LogP contribution in [0.5, 0.6) is 0 Å². The van der Waals surface area contributed by atoms with Crippen LogP contribution in [0.2, 0.25) is 0 Å². The molecule has 1 aliphatic rings. The summed E-state index contributed by atoms with van der Waals surface area (Å²) in [5.74, 6) is 0. The van der Waals surface area contributed by atoms with Gasteiger partial charge in [0.2, 0.25) is 0 Å². The van der Waals surface area contributed by atoms with Gasteiger partial charge in [0.15, 0.2) is 0 Å². The molecule has 3 aromatic carbocycles. The van der Waals surface area contributed by atoms with E-state index in [0.29, 0.717) is 0 Å². The minimum absolute atomic E-state index is 0.0779. The van der Waals surface area contributed by atoms with Crippen LogP contribution in [-0.2, 0) is 29.0 Å². The first-order chi connectivity index (χ1) is 14.2. The third-order valence-corrected chi connectivity index (χ3v) is 5.34. The van der Waals surface area contributed by atoms with Crippen molar-refractivity contribution in [3.05, 3.63) is 88.7 Å². The van der Waals surface area contributed by atoms with E-state index in [1.54, 1.807) is 0 Å². The van der Waals surface area contributed by atoms with Crippen LogP contribution in [0.1, 0.15) is 51.3 Å². The maximum absolute atomic E-state index is 5.13. The Bertz CT molecular complexity index is 1020. The average molecular weight is 473 g/mol. The van der Waals surface area contributed by atoms with Crippen LogP contribution in [0.4, 0.5) is 0 Å². The summed E-state index contributed by atoms with van der Waals surface area (Å²) >= 11 is -0.556. The van der Waals surface area contributed by atoms with Crippen LogP contribution in [0, 0.1) is 0 Å². The van der Waals surface area contributed by atoms with Gasteiger partial charge in [0.25, 0.3) is 0 Å². The van der Waals surface area contributed by atoms with Crippen molar-refractivity contribution in [2.75, 3.05) is 0 Å². The second kappa shape index (κ2) is 9.59. The van der Waals surface area contributed by atoms with Crippen molar-refractivity contribution in [3.63, 3.8) is 0 Å². The molecule has 0 saturated carbocycles. The summed E-state index contributed by atoms with van der Waals surface area (Å²) in [6.07, 6.45) is 1.01. The Labute approximate surface area is 197 Å². The van der Waals surface area contributed by atoms with Crippen LogP contribution < -0.4 is 0 Å². The number of rotatable bonds is 3. The quantitative estimate of drug-likeness (QED) is 0.264. The predicted octanol–water partition coefficient (Wildman–Crippen LogP) is 8.71. The third-order valence-electron chi connectivity index (χ3n) is 5.34. The van der Waals surface area contributed by atoms with Gasteiger partial charge in [-0.15, -0.1) is 11.1 Å². The molecule has 0 aromatic heterocycles. The molecule has 0 unspecified atom stereocenters. The Morgan fingerprint density at radius 2 is 1.20 bits per heavy atom. The van der Waals surface area contributed by atoms with E-state index in [1.807, 2.05) is 0 Å². The van der Waals surface area contributed by atoms with Crippen LogP contribution in [0.3, 0.4) is 0 Å². The molecule has 0 aliphatic heterocycles. The van der Waals surface area contributed by atoms with Crippen LogP contribution >= 0.6 is 18.6 Å². The monoisotopic (exact) mass is 472 g/mol. The second-order valence-corrected chi connectivity index (χ2v) is 11.7. The maximum atomic E-state index is 5.13. The summed E-state index contributed by atoms with van der Waals surface area (Å²) < 4.78 is 0. The van der Waals surface area contributed by atoms with E-state index in [0.717, 1.165) is 6.42 Å².